The Kier molecular flexibility index (Phi) is 4.47. The number of nitrogens with zero attached hydrogens (tertiary/aromatic N) is 3. The van der Waals surface area contributed by atoms with Gasteiger partial charge in [0.05, 0.1) is 17.6 Å². The largest absolute Gasteiger partial charge is 0.486 e. The molecule has 1 aliphatic rings. The third-order valence-corrected chi connectivity index (χ3v) is 4.35. The van der Waals surface area contributed by atoms with Crippen molar-refractivity contribution < 1.29 is 19.5 Å². The van der Waals surface area contributed by atoms with E-state index in [0.717, 1.165) is 0 Å². The van der Waals surface area contributed by atoms with E-state index in [4.69, 9.17) is 9.47 Å². The van der Waals surface area contributed by atoms with Crippen LogP contribution in [-0.2, 0) is 6.54 Å². The van der Waals surface area contributed by atoms with Crippen molar-refractivity contribution in [2.75, 3.05) is 13.2 Å². The van der Waals surface area contributed by atoms with Crippen LogP contribution in [0.15, 0.2) is 54.9 Å². The maximum atomic E-state index is 11.0. The van der Waals surface area contributed by atoms with Crippen molar-refractivity contribution in [1.82, 2.24) is 9.55 Å². The Morgan fingerprint density at radius 2 is 2.00 bits per heavy atom. The Morgan fingerprint density at radius 3 is 2.81 bits per heavy atom. The average Bonchev–Trinajstić information content (AvgIpc) is 3.15. The number of non-ortho nitro benzene ring substituents is 1. The fraction of sp³-hybridized carbons (Fsp3) is 0.211. The van der Waals surface area contributed by atoms with Gasteiger partial charge in [-0.25, -0.2) is 4.98 Å². The van der Waals surface area contributed by atoms with Gasteiger partial charge in [0, 0.05) is 30.1 Å². The lowest BCUT2D eigenvalue weighted by molar-refractivity contribution is -0.384. The van der Waals surface area contributed by atoms with Crippen LogP contribution >= 0.6 is 0 Å². The zero-order valence-corrected chi connectivity index (χ0v) is 14.3. The normalized spacial score (nSPS) is 14.0. The molecule has 8 nitrogen and oxygen atoms in total. The molecular formula is C19H17N3O5. The summed E-state index contributed by atoms with van der Waals surface area (Å²) in [6.45, 7) is 1.24. The number of fused-ring (bicyclic) bond motifs is 1. The summed E-state index contributed by atoms with van der Waals surface area (Å²) in [7, 11) is 0. The molecule has 0 aliphatic carbocycles. The number of hydrogen-bond donors (Lipinski definition) is 1. The van der Waals surface area contributed by atoms with Gasteiger partial charge in [-0.05, 0) is 17.7 Å². The Morgan fingerprint density at radius 1 is 1.19 bits per heavy atom. The second-order valence-electron chi connectivity index (χ2n) is 6.13. The molecule has 8 heteroatoms. The molecule has 138 valence electrons. The minimum absolute atomic E-state index is 0.00515. The monoisotopic (exact) mass is 367 g/mol. The van der Waals surface area contributed by atoms with Crippen molar-refractivity contribution in [3.8, 4) is 22.9 Å². The van der Waals surface area contributed by atoms with Crippen LogP contribution < -0.4 is 9.47 Å². The summed E-state index contributed by atoms with van der Waals surface area (Å²) in [5, 5.41) is 21.7. The molecule has 0 radical (unpaired) electrons. The van der Waals surface area contributed by atoms with Gasteiger partial charge in [0.15, 0.2) is 11.5 Å². The van der Waals surface area contributed by atoms with Crippen LogP contribution in [0.3, 0.4) is 0 Å². The molecule has 0 spiro atoms. The molecule has 0 fully saturated rings. The lowest BCUT2D eigenvalue weighted by Crippen LogP contribution is -2.16. The summed E-state index contributed by atoms with van der Waals surface area (Å²) in [5.41, 5.74) is 1.30. The molecule has 0 amide bonds. The molecule has 1 atom stereocenters. The van der Waals surface area contributed by atoms with Crippen LogP contribution in [0.1, 0.15) is 11.7 Å². The van der Waals surface area contributed by atoms with Crippen LogP contribution in [0.25, 0.3) is 11.4 Å². The molecule has 0 saturated heterocycles. The SMILES string of the molecule is O=[N+]([O-])c1cccc(-c2nccn2C[C@H](O)c2ccc3c(c2)OCCO3)c1. The zero-order valence-electron chi connectivity index (χ0n) is 14.3. The van der Waals surface area contributed by atoms with Gasteiger partial charge in [0.25, 0.3) is 5.69 Å². The highest BCUT2D eigenvalue weighted by Crippen LogP contribution is 2.33. The molecule has 2 heterocycles. The smallest absolute Gasteiger partial charge is 0.270 e. The Labute approximate surface area is 154 Å². The van der Waals surface area contributed by atoms with Crippen molar-refractivity contribution >= 4 is 5.69 Å². The van der Waals surface area contributed by atoms with E-state index in [1.807, 2.05) is 0 Å². The molecular weight excluding hydrogens is 350 g/mol. The highest BCUT2D eigenvalue weighted by atomic mass is 16.6. The number of benzene rings is 2. The maximum Gasteiger partial charge on any atom is 0.270 e. The van der Waals surface area contributed by atoms with Gasteiger partial charge in [0.2, 0.25) is 0 Å². The van der Waals surface area contributed by atoms with Crippen molar-refractivity contribution in [3.63, 3.8) is 0 Å². The number of aromatic nitrogens is 2. The van der Waals surface area contributed by atoms with E-state index in [0.29, 0.717) is 41.7 Å². The van der Waals surface area contributed by atoms with Gasteiger partial charge in [-0.3, -0.25) is 10.1 Å². The van der Waals surface area contributed by atoms with Crippen LogP contribution in [0.2, 0.25) is 0 Å². The van der Waals surface area contributed by atoms with Crippen molar-refractivity contribution in [1.29, 1.82) is 0 Å². The highest BCUT2D eigenvalue weighted by Gasteiger charge is 2.18. The van der Waals surface area contributed by atoms with E-state index in [1.54, 1.807) is 47.3 Å². The predicted molar refractivity (Wildman–Crippen MR) is 96.7 cm³/mol. The number of imidazole rings is 1. The average molecular weight is 367 g/mol. The topological polar surface area (TPSA) is 99.7 Å². The summed E-state index contributed by atoms with van der Waals surface area (Å²) in [6.07, 6.45) is 2.53. The van der Waals surface area contributed by atoms with E-state index in [1.165, 1.54) is 12.1 Å². The third kappa shape index (κ3) is 3.47. The van der Waals surface area contributed by atoms with Crippen molar-refractivity contribution in [3.05, 3.63) is 70.5 Å². The molecule has 4 rings (SSSR count). The Bertz CT molecular complexity index is 985. The lowest BCUT2D eigenvalue weighted by Gasteiger charge is -2.20. The summed E-state index contributed by atoms with van der Waals surface area (Å²) in [4.78, 5) is 14.8. The van der Waals surface area contributed by atoms with E-state index in [9.17, 15) is 15.2 Å². The van der Waals surface area contributed by atoms with Crippen LogP contribution in [-0.4, -0.2) is 32.8 Å². The minimum Gasteiger partial charge on any atom is -0.486 e. The highest BCUT2D eigenvalue weighted by molar-refractivity contribution is 5.59. The van der Waals surface area contributed by atoms with E-state index < -0.39 is 11.0 Å². The second kappa shape index (κ2) is 7.08. The molecule has 0 saturated carbocycles. The number of nitro benzene ring substituents is 1. The Hall–Kier alpha value is -3.39. The summed E-state index contributed by atoms with van der Waals surface area (Å²) >= 11 is 0. The molecule has 0 bridgehead atoms. The van der Waals surface area contributed by atoms with Crippen molar-refractivity contribution in [2.24, 2.45) is 0 Å². The molecule has 27 heavy (non-hydrogen) atoms. The summed E-state index contributed by atoms with van der Waals surface area (Å²) in [5.74, 6) is 1.83. The maximum absolute atomic E-state index is 11.0. The second-order valence-corrected chi connectivity index (χ2v) is 6.13. The standard InChI is InChI=1S/C19H17N3O5/c23-16(13-4-5-17-18(11-13)27-9-8-26-17)12-21-7-6-20-19(21)14-2-1-3-15(10-14)22(24)25/h1-7,10-11,16,23H,8-9,12H2/t16-/m0/s1. The third-order valence-electron chi connectivity index (χ3n) is 4.35. The van der Waals surface area contributed by atoms with Crippen molar-refractivity contribution in [2.45, 2.75) is 12.6 Å². The Balaban J connectivity index is 1.58. The van der Waals surface area contributed by atoms with Gasteiger partial charge in [-0.1, -0.05) is 18.2 Å². The number of hydrogen-bond acceptors (Lipinski definition) is 6. The molecule has 1 aliphatic heterocycles. The molecule has 2 aromatic carbocycles. The molecule has 3 aromatic rings. The zero-order chi connectivity index (χ0) is 18.8. The first kappa shape index (κ1) is 17.0. The van der Waals surface area contributed by atoms with E-state index >= 15 is 0 Å². The van der Waals surface area contributed by atoms with E-state index in [2.05, 4.69) is 4.98 Å². The fourth-order valence-electron chi connectivity index (χ4n) is 3.03. The first-order valence-corrected chi connectivity index (χ1v) is 8.45. The quantitative estimate of drug-likeness (QED) is 0.550. The van der Waals surface area contributed by atoms with Gasteiger partial charge in [-0.15, -0.1) is 0 Å². The van der Waals surface area contributed by atoms with Gasteiger partial charge >= 0.3 is 0 Å². The van der Waals surface area contributed by atoms with Crippen LogP contribution in [0, 0.1) is 10.1 Å². The number of aliphatic hydroxyl groups is 1. The first-order valence-electron chi connectivity index (χ1n) is 8.45. The summed E-state index contributed by atoms with van der Waals surface area (Å²) < 4.78 is 12.8. The number of rotatable bonds is 5. The van der Waals surface area contributed by atoms with E-state index in [-0.39, 0.29) is 12.2 Å². The van der Waals surface area contributed by atoms with Crippen LogP contribution in [0.5, 0.6) is 11.5 Å². The van der Waals surface area contributed by atoms with Gasteiger partial charge < -0.3 is 19.1 Å². The predicted octanol–water partition coefficient (Wildman–Crippen LogP) is 2.96. The van der Waals surface area contributed by atoms with Gasteiger partial charge in [0.1, 0.15) is 19.0 Å². The lowest BCUT2D eigenvalue weighted by atomic mass is 10.1. The fourth-order valence-corrected chi connectivity index (χ4v) is 3.03. The molecule has 1 N–H and O–H groups in total. The van der Waals surface area contributed by atoms with Gasteiger partial charge in [-0.2, -0.15) is 0 Å². The number of nitro groups is 1. The van der Waals surface area contributed by atoms with Crippen LogP contribution in [0.4, 0.5) is 5.69 Å². The first-order chi connectivity index (χ1) is 13.1. The minimum atomic E-state index is -0.799. The number of ether oxygens (including phenoxy) is 2. The summed E-state index contributed by atoms with van der Waals surface area (Å²) in [6, 6.07) is 11.6. The molecule has 0 unspecified atom stereocenters. The number of aliphatic hydroxyl groups excluding tert-OH is 1. The molecule has 1 aromatic heterocycles.